The average Bonchev–Trinajstić information content (AvgIpc) is 2.90. The van der Waals surface area contributed by atoms with Crippen LogP contribution >= 0.6 is 0 Å². The van der Waals surface area contributed by atoms with Gasteiger partial charge < -0.3 is 14.4 Å². The van der Waals surface area contributed by atoms with E-state index < -0.39 is 0 Å². The maximum absolute atomic E-state index is 13.1. The van der Waals surface area contributed by atoms with E-state index in [9.17, 15) is 4.79 Å². The lowest BCUT2D eigenvalue weighted by Gasteiger charge is -2.30. The van der Waals surface area contributed by atoms with Crippen molar-refractivity contribution in [1.29, 1.82) is 0 Å². The molecule has 1 amide bonds. The second-order valence-corrected chi connectivity index (χ2v) is 7.01. The Morgan fingerprint density at radius 3 is 2.54 bits per heavy atom. The van der Waals surface area contributed by atoms with Crippen molar-refractivity contribution in [3.8, 4) is 11.5 Å². The average molecular weight is 351 g/mol. The van der Waals surface area contributed by atoms with Gasteiger partial charge in [0, 0.05) is 13.1 Å². The molecule has 4 heteroatoms. The number of benzene rings is 2. The van der Waals surface area contributed by atoms with Crippen LogP contribution in [0.25, 0.3) is 0 Å². The minimum atomic E-state index is -0.111. The van der Waals surface area contributed by atoms with E-state index in [2.05, 4.69) is 24.3 Å². The van der Waals surface area contributed by atoms with Crippen LogP contribution in [0.5, 0.6) is 11.5 Å². The third-order valence-corrected chi connectivity index (χ3v) is 5.33. The van der Waals surface area contributed by atoms with E-state index >= 15 is 0 Å². The fourth-order valence-corrected chi connectivity index (χ4v) is 3.93. The van der Waals surface area contributed by atoms with E-state index in [4.69, 9.17) is 9.47 Å². The van der Waals surface area contributed by atoms with Crippen molar-refractivity contribution in [3.63, 3.8) is 0 Å². The molecule has 0 radical (unpaired) electrons. The van der Waals surface area contributed by atoms with Gasteiger partial charge in [-0.15, -0.1) is 0 Å². The van der Waals surface area contributed by atoms with Crippen LogP contribution in [0, 0.1) is 5.92 Å². The lowest BCUT2D eigenvalue weighted by atomic mass is 9.95. The molecule has 4 nitrogen and oxygen atoms in total. The predicted molar refractivity (Wildman–Crippen MR) is 101 cm³/mol. The molecule has 0 aliphatic carbocycles. The number of ether oxygens (including phenoxy) is 2. The molecule has 1 unspecified atom stereocenters. The minimum Gasteiger partial charge on any atom is -0.494 e. The largest absolute Gasteiger partial charge is 0.494 e. The first kappa shape index (κ1) is 17.0. The van der Waals surface area contributed by atoms with Crippen molar-refractivity contribution in [2.75, 3.05) is 26.3 Å². The van der Waals surface area contributed by atoms with Crippen LogP contribution in [0.1, 0.15) is 23.6 Å². The quantitative estimate of drug-likeness (QED) is 0.852. The summed E-state index contributed by atoms with van der Waals surface area (Å²) in [6.45, 7) is 4.65. The summed E-state index contributed by atoms with van der Waals surface area (Å²) < 4.78 is 11.5. The fraction of sp³-hybridized carbons (Fsp3) is 0.409. The molecule has 0 saturated heterocycles. The van der Waals surface area contributed by atoms with Crippen molar-refractivity contribution < 1.29 is 14.3 Å². The highest BCUT2D eigenvalue weighted by Crippen LogP contribution is 2.31. The second kappa shape index (κ2) is 7.40. The van der Waals surface area contributed by atoms with E-state index in [1.807, 2.05) is 30.0 Å². The molecule has 0 fully saturated rings. The summed E-state index contributed by atoms with van der Waals surface area (Å²) in [6, 6.07) is 14.4. The van der Waals surface area contributed by atoms with Crippen LogP contribution in [0.3, 0.4) is 0 Å². The highest BCUT2D eigenvalue weighted by Gasteiger charge is 2.30. The van der Waals surface area contributed by atoms with Gasteiger partial charge in [0.1, 0.15) is 18.1 Å². The van der Waals surface area contributed by atoms with Crippen LogP contribution in [0.2, 0.25) is 0 Å². The van der Waals surface area contributed by atoms with E-state index in [0.717, 1.165) is 49.4 Å². The molecule has 0 bridgehead atoms. The lowest BCUT2D eigenvalue weighted by Crippen LogP contribution is -2.42. The molecule has 4 rings (SSSR count). The molecule has 0 spiro atoms. The fourth-order valence-electron chi connectivity index (χ4n) is 3.93. The third-order valence-electron chi connectivity index (χ3n) is 5.33. The number of fused-ring (bicyclic) bond motifs is 2. The smallest absolute Gasteiger partial charge is 0.229 e. The van der Waals surface area contributed by atoms with Gasteiger partial charge in [-0.25, -0.2) is 0 Å². The SMILES string of the molecule is CCOc1ccc2c(c1)CC(C(=O)N1CCc3ccccc3CC1)CO2. The Balaban J connectivity index is 1.45. The van der Waals surface area contributed by atoms with E-state index in [-0.39, 0.29) is 11.8 Å². The molecule has 0 aromatic heterocycles. The zero-order chi connectivity index (χ0) is 17.9. The molecule has 2 aliphatic heterocycles. The molecule has 0 saturated carbocycles. The summed E-state index contributed by atoms with van der Waals surface area (Å²) in [7, 11) is 0. The summed E-state index contributed by atoms with van der Waals surface area (Å²) in [5.41, 5.74) is 3.81. The van der Waals surface area contributed by atoms with Gasteiger partial charge in [-0.2, -0.15) is 0 Å². The first-order chi connectivity index (χ1) is 12.7. The third kappa shape index (κ3) is 3.41. The number of hydrogen-bond donors (Lipinski definition) is 0. The molecule has 2 aromatic carbocycles. The Labute approximate surface area is 154 Å². The van der Waals surface area contributed by atoms with Gasteiger partial charge in [0.15, 0.2) is 0 Å². The van der Waals surface area contributed by atoms with Crippen molar-refractivity contribution in [3.05, 3.63) is 59.2 Å². The van der Waals surface area contributed by atoms with Crippen molar-refractivity contribution in [1.82, 2.24) is 4.90 Å². The number of carbonyl (C=O) groups excluding carboxylic acids is 1. The summed E-state index contributed by atoms with van der Waals surface area (Å²) in [4.78, 5) is 15.1. The molecule has 0 N–H and O–H groups in total. The highest BCUT2D eigenvalue weighted by atomic mass is 16.5. The van der Waals surface area contributed by atoms with Crippen molar-refractivity contribution in [2.24, 2.45) is 5.92 Å². The van der Waals surface area contributed by atoms with Gasteiger partial charge >= 0.3 is 0 Å². The van der Waals surface area contributed by atoms with Gasteiger partial charge in [-0.3, -0.25) is 4.79 Å². The van der Waals surface area contributed by atoms with E-state index in [1.165, 1.54) is 11.1 Å². The first-order valence-electron chi connectivity index (χ1n) is 9.48. The molecule has 2 aromatic rings. The van der Waals surface area contributed by atoms with Gasteiger partial charge in [0.05, 0.1) is 12.5 Å². The summed E-state index contributed by atoms with van der Waals surface area (Å²) in [5.74, 6) is 1.82. The van der Waals surface area contributed by atoms with Crippen molar-refractivity contribution in [2.45, 2.75) is 26.2 Å². The predicted octanol–water partition coefficient (Wildman–Crippen LogP) is 3.26. The minimum absolute atomic E-state index is 0.111. The Kier molecular flexibility index (Phi) is 4.83. The zero-order valence-electron chi connectivity index (χ0n) is 15.2. The summed E-state index contributed by atoms with van der Waals surface area (Å²) in [6.07, 6.45) is 2.58. The monoisotopic (exact) mass is 351 g/mol. The number of carbonyl (C=O) groups is 1. The molecular formula is C22H25NO3. The topological polar surface area (TPSA) is 38.8 Å². The molecule has 2 heterocycles. The number of nitrogens with zero attached hydrogens (tertiary/aromatic N) is 1. The molecule has 26 heavy (non-hydrogen) atoms. The summed E-state index contributed by atoms with van der Waals surface area (Å²) in [5, 5.41) is 0. The van der Waals surface area contributed by atoms with Gasteiger partial charge in [-0.05, 0) is 61.1 Å². The van der Waals surface area contributed by atoms with Gasteiger partial charge in [0.2, 0.25) is 5.91 Å². The van der Waals surface area contributed by atoms with Gasteiger partial charge in [0.25, 0.3) is 0 Å². The van der Waals surface area contributed by atoms with Crippen LogP contribution in [-0.2, 0) is 24.1 Å². The molecular weight excluding hydrogens is 326 g/mol. The Morgan fingerprint density at radius 1 is 1.12 bits per heavy atom. The van der Waals surface area contributed by atoms with Crippen LogP contribution in [-0.4, -0.2) is 37.1 Å². The maximum Gasteiger partial charge on any atom is 0.229 e. The number of rotatable bonds is 3. The maximum atomic E-state index is 13.1. The van der Waals surface area contributed by atoms with Crippen LogP contribution in [0.4, 0.5) is 0 Å². The van der Waals surface area contributed by atoms with Crippen molar-refractivity contribution >= 4 is 5.91 Å². The standard InChI is InChI=1S/C22H25NO3/c1-2-25-20-7-8-21-18(14-20)13-19(15-26-21)22(24)23-11-9-16-5-3-4-6-17(16)10-12-23/h3-8,14,19H,2,9-13,15H2,1H3. The molecule has 1 atom stereocenters. The van der Waals surface area contributed by atoms with Crippen LogP contribution in [0.15, 0.2) is 42.5 Å². The molecule has 136 valence electrons. The Morgan fingerprint density at radius 2 is 1.85 bits per heavy atom. The Bertz CT molecular complexity index is 775. The Hall–Kier alpha value is -2.49. The number of amides is 1. The van der Waals surface area contributed by atoms with Gasteiger partial charge in [-0.1, -0.05) is 24.3 Å². The molecule has 2 aliphatic rings. The van der Waals surface area contributed by atoms with Crippen LogP contribution < -0.4 is 9.47 Å². The zero-order valence-corrected chi connectivity index (χ0v) is 15.2. The van der Waals surface area contributed by atoms with E-state index in [1.54, 1.807) is 0 Å². The first-order valence-corrected chi connectivity index (χ1v) is 9.48. The highest BCUT2D eigenvalue weighted by molar-refractivity contribution is 5.80. The number of hydrogen-bond acceptors (Lipinski definition) is 3. The summed E-state index contributed by atoms with van der Waals surface area (Å²) >= 11 is 0. The van der Waals surface area contributed by atoms with E-state index in [0.29, 0.717) is 13.2 Å². The lowest BCUT2D eigenvalue weighted by molar-refractivity contribution is -0.136. The second-order valence-electron chi connectivity index (χ2n) is 7.01. The normalized spacial score (nSPS) is 19.0.